The molecule has 0 radical (unpaired) electrons. The molecule has 0 fully saturated rings. The second kappa shape index (κ2) is 9.46. The molecule has 0 amide bonds. The topological polar surface area (TPSA) is 17.1 Å². The Morgan fingerprint density at radius 2 is 1.44 bits per heavy atom. The lowest BCUT2D eigenvalue weighted by Crippen LogP contribution is -2.00. The number of aldehydes is 1. The normalized spacial score (nSPS) is 24.9. The van der Waals surface area contributed by atoms with Crippen molar-refractivity contribution in [2.45, 2.75) is 70.6 Å². The molecule has 16 heavy (non-hydrogen) atoms. The van der Waals surface area contributed by atoms with Gasteiger partial charge < -0.3 is 4.79 Å². The van der Waals surface area contributed by atoms with Gasteiger partial charge in [-0.1, -0.05) is 44.9 Å². The van der Waals surface area contributed by atoms with Crippen molar-refractivity contribution in [2.75, 3.05) is 0 Å². The zero-order valence-electron chi connectivity index (χ0n) is 10.3. The van der Waals surface area contributed by atoms with E-state index in [0.717, 1.165) is 25.5 Å². The molecule has 0 aromatic carbocycles. The molecule has 1 nitrogen and oxygen atoms in total. The molecule has 0 aromatic heterocycles. The summed E-state index contributed by atoms with van der Waals surface area (Å²) in [7, 11) is 0. The van der Waals surface area contributed by atoms with Gasteiger partial charge in [-0.05, 0) is 12.8 Å². The van der Waals surface area contributed by atoms with Crippen LogP contribution in [0.25, 0.3) is 0 Å². The zero-order chi connectivity index (χ0) is 11.5. The first-order valence-corrected chi connectivity index (χ1v) is 6.84. The molecule has 0 heterocycles. The molecule has 1 rings (SSSR count). The van der Waals surface area contributed by atoms with Crippen LogP contribution in [-0.4, -0.2) is 6.29 Å². The summed E-state index contributed by atoms with van der Waals surface area (Å²) in [6.07, 6.45) is 14.5. The predicted octanol–water partition coefficient (Wildman–Crippen LogP) is 4.11. The molecule has 1 aliphatic carbocycles. The van der Waals surface area contributed by atoms with Gasteiger partial charge in [0.2, 0.25) is 0 Å². The average Bonchev–Trinajstić information content (AvgIpc) is 2.32. The van der Waals surface area contributed by atoms with E-state index in [4.69, 9.17) is 0 Å². The summed E-state index contributed by atoms with van der Waals surface area (Å²) in [5, 5.41) is 0. The molecule has 0 bridgehead atoms. The molecule has 0 aromatic rings. The molecule has 0 saturated heterocycles. The van der Waals surface area contributed by atoms with Crippen LogP contribution in [0, 0.1) is 17.8 Å². The van der Waals surface area contributed by atoms with Crippen molar-refractivity contribution in [3.05, 3.63) is 0 Å². The molecule has 0 N–H and O–H groups in total. The number of carbonyl (C=O) groups is 1. The Morgan fingerprint density at radius 3 is 2.12 bits per heavy atom. The fourth-order valence-electron chi connectivity index (χ4n) is 2.19. The van der Waals surface area contributed by atoms with Crippen LogP contribution in [0.2, 0.25) is 0 Å². The lowest BCUT2D eigenvalue weighted by molar-refractivity contribution is -0.111. The van der Waals surface area contributed by atoms with Crippen molar-refractivity contribution in [3.63, 3.8) is 0 Å². The van der Waals surface area contributed by atoms with Crippen molar-refractivity contribution in [2.24, 2.45) is 5.92 Å². The van der Waals surface area contributed by atoms with Crippen LogP contribution >= 0.6 is 0 Å². The van der Waals surface area contributed by atoms with Gasteiger partial charge in [0, 0.05) is 18.8 Å². The average molecular weight is 220 g/mol. The predicted molar refractivity (Wildman–Crippen MR) is 68.1 cm³/mol. The van der Waals surface area contributed by atoms with Gasteiger partial charge in [-0.3, -0.25) is 0 Å². The minimum Gasteiger partial charge on any atom is -0.303 e. The molecule has 1 aliphatic rings. The highest BCUT2D eigenvalue weighted by atomic mass is 16.1. The van der Waals surface area contributed by atoms with Crippen LogP contribution in [0.4, 0.5) is 0 Å². The Hall–Kier alpha value is -0.770. The lowest BCUT2D eigenvalue weighted by Gasteiger charge is -2.07. The first-order chi connectivity index (χ1) is 7.93. The Labute approximate surface area is 100 Å². The van der Waals surface area contributed by atoms with Crippen LogP contribution in [0.3, 0.4) is 0 Å². The third-order valence-electron chi connectivity index (χ3n) is 3.31. The molecule has 0 spiro atoms. The second-order valence-electron chi connectivity index (χ2n) is 4.82. The Morgan fingerprint density at radius 1 is 0.812 bits per heavy atom. The van der Waals surface area contributed by atoms with Gasteiger partial charge in [0.1, 0.15) is 6.29 Å². The molecular weight excluding hydrogens is 196 g/mol. The Bertz CT molecular complexity index is 234. The Balaban J connectivity index is 2.31. The largest absolute Gasteiger partial charge is 0.303 e. The fraction of sp³-hybridized carbons (Fsp3) is 0.800. The molecule has 1 unspecified atom stereocenters. The van der Waals surface area contributed by atoms with Gasteiger partial charge in [0.05, 0.1) is 0 Å². The van der Waals surface area contributed by atoms with Crippen molar-refractivity contribution in [1.29, 1.82) is 0 Å². The highest BCUT2D eigenvalue weighted by molar-refractivity contribution is 5.54. The summed E-state index contributed by atoms with van der Waals surface area (Å²) in [5.74, 6) is 6.54. The first-order valence-electron chi connectivity index (χ1n) is 6.84. The minimum absolute atomic E-state index is 0.190. The molecule has 0 saturated carbocycles. The van der Waals surface area contributed by atoms with Crippen molar-refractivity contribution < 1.29 is 4.79 Å². The number of carbonyl (C=O) groups excluding carboxylic acids is 1. The maximum absolute atomic E-state index is 10.8. The lowest BCUT2D eigenvalue weighted by atomic mass is 9.98. The number of hydrogen-bond donors (Lipinski definition) is 0. The van der Waals surface area contributed by atoms with E-state index in [-0.39, 0.29) is 5.92 Å². The highest BCUT2D eigenvalue weighted by Gasteiger charge is 2.05. The van der Waals surface area contributed by atoms with E-state index in [0.29, 0.717) is 0 Å². The molecular formula is C15H24O. The summed E-state index contributed by atoms with van der Waals surface area (Å²) in [4.78, 5) is 10.8. The van der Waals surface area contributed by atoms with E-state index in [9.17, 15) is 4.79 Å². The smallest absolute Gasteiger partial charge is 0.124 e. The Kier molecular flexibility index (Phi) is 7.86. The van der Waals surface area contributed by atoms with Crippen LogP contribution in [0.15, 0.2) is 0 Å². The summed E-state index contributed by atoms with van der Waals surface area (Å²) >= 11 is 0. The fourth-order valence-corrected chi connectivity index (χ4v) is 2.19. The van der Waals surface area contributed by atoms with Gasteiger partial charge in [0.15, 0.2) is 0 Å². The third-order valence-corrected chi connectivity index (χ3v) is 3.31. The number of rotatable bonds is 1. The highest BCUT2D eigenvalue weighted by Crippen LogP contribution is 2.15. The van der Waals surface area contributed by atoms with E-state index < -0.39 is 0 Å². The van der Waals surface area contributed by atoms with E-state index >= 15 is 0 Å². The SMILES string of the molecule is O=CC1CC#CCCCCCCCCCC1. The van der Waals surface area contributed by atoms with E-state index in [1.165, 1.54) is 51.4 Å². The van der Waals surface area contributed by atoms with Crippen LogP contribution < -0.4 is 0 Å². The van der Waals surface area contributed by atoms with Gasteiger partial charge in [-0.2, -0.15) is 0 Å². The molecule has 90 valence electrons. The summed E-state index contributed by atoms with van der Waals surface area (Å²) in [6.45, 7) is 0. The monoisotopic (exact) mass is 220 g/mol. The standard InChI is InChI=1S/C15H24O/c16-14-15-12-10-8-6-4-2-1-3-5-7-9-11-13-15/h14-15H,1-8,10,12-13H2. The van der Waals surface area contributed by atoms with Crippen LogP contribution in [-0.2, 0) is 4.79 Å². The summed E-state index contributed by atoms with van der Waals surface area (Å²) in [5.41, 5.74) is 0. The summed E-state index contributed by atoms with van der Waals surface area (Å²) in [6, 6.07) is 0. The van der Waals surface area contributed by atoms with E-state index in [2.05, 4.69) is 11.8 Å². The second-order valence-corrected chi connectivity index (χ2v) is 4.82. The van der Waals surface area contributed by atoms with E-state index in [1.54, 1.807) is 0 Å². The summed E-state index contributed by atoms with van der Waals surface area (Å²) < 4.78 is 0. The van der Waals surface area contributed by atoms with E-state index in [1.807, 2.05) is 0 Å². The van der Waals surface area contributed by atoms with Gasteiger partial charge in [-0.15, -0.1) is 11.8 Å². The quantitative estimate of drug-likeness (QED) is 0.480. The number of hydrogen-bond acceptors (Lipinski definition) is 1. The van der Waals surface area contributed by atoms with Gasteiger partial charge in [-0.25, -0.2) is 0 Å². The molecule has 1 atom stereocenters. The first kappa shape index (κ1) is 13.3. The van der Waals surface area contributed by atoms with Crippen molar-refractivity contribution in [3.8, 4) is 11.8 Å². The van der Waals surface area contributed by atoms with Crippen molar-refractivity contribution >= 4 is 6.29 Å². The third kappa shape index (κ3) is 6.67. The zero-order valence-corrected chi connectivity index (χ0v) is 10.3. The minimum atomic E-state index is 0.190. The molecule has 1 heteroatoms. The van der Waals surface area contributed by atoms with Crippen LogP contribution in [0.5, 0.6) is 0 Å². The van der Waals surface area contributed by atoms with Crippen LogP contribution in [0.1, 0.15) is 70.6 Å². The van der Waals surface area contributed by atoms with Crippen molar-refractivity contribution in [1.82, 2.24) is 0 Å². The maximum Gasteiger partial charge on any atom is 0.124 e. The maximum atomic E-state index is 10.8. The van der Waals surface area contributed by atoms with Gasteiger partial charge >= 0.3 is 0 Å². The van der Waals surface area contributed by atoms with Gasteiger partial charge in [0.25, 0.3) is 0 Å². The molecule has 0 aliphatic heterocycles.